The molecule has 2 heterocycles. The Bertz CT molecular complexity index is 672. The third-order valence-electron chi connectivity index (χ3n) is 3.06. The molecule has 1 aromatic rings. The van der Waals surface area contributed by atoms with E-state index in [-0.39, 0.29) is 23.4 Å². The van der Waals surface area contributed by atoms with Crippen molar-refractivity contribution in [2.75, 3.05) is 0 Å². The first-order valence-electron chi connectivity index (χ1n) is 5.96. The Morgan fingerprint density at radius 2 is 2.14 bits per heavy atom. The molecule has 0 aliphatic carbocycles. The second-order valence-corrected chi connectivity index (χ2v) is 6.09. The number of rotatable bonds is 5. The van der Waals surface area contributed by atoms with Crippen LogP contribution >= 0.6 is 0 Å². The summed E-state index contributed by atoms with van der Waals surface area (Å²) in [6.45, 7) is 1.51. The third kappa shape index (κ3) is 3.35. The molecule has 0 fully saturated rings. The maximum absolute atomic E-state index is 11.5. The Hall–Kier alpha value is -2.04. The molecule has 2 N–H and O–H groups in total. The Kier molecular flexibility index (Phi) is 4.21. The summed E-state index contributed by atoms with van der Waals surface area (Å²) >= 11 is 0. The van der Waals surface area contributed by atoms with Crippen LogP contribution in [0.3, 0.4) is 0 Å². The largest absolute Gasteiger partial charge is 0.405 e. The molecule has 0 spiro atoms. The van der Waals surface area contributed by atoms with Gasteiger partial charge in [-0.25, -0.2) is 0 Å². The highest BCUT2D eigenvalue weighted by Crippen LogP contribution is 2.32. The highest BCUT2D eigenvalue weighted by Gasteiger charge is 2.38. The summed E-state index contributed by atoms with van der Waals surface area (Å²) in [5, 5.41) is 9.63. The van der Waals surface area contributed by atoms with Crippen molar-refractivity contribution < 1.29 is 22.7 Å². The van der Waals surface area contributed by atoms with Crippen LogP contribution in [0.4, 0.5) is 0 Å². The highest BCUT2D eigenvalue weighted by atomic mass is 32.2. The molecule has 0 saturated carbocycles. The number of hydroxylamine groups is 1. The fourth-order valence-corrected chi connectivity index (χ4v) is 2.92. The molecule has 2 rings (SSSR count). The Morgan fingerprint density at radius 1 is 1.52 bits per heavy atom. The van der Waals surface area contributed by atoms with Crippen molar-refractivity contribution in [1.82, 2.24) is 10.5 Å². The van der Waals surface area contributed by atoms with Gasteiger partial charge in [0.1, 0.15) is 11.3 Å². The predicted octanol–water partition coefficient (Wildman–Crippen LogP) is 0.812. The van der Waals surface area contributed by atoms with E-state index in [1.807, 2.05) is 0 Å². The zero-order valence-corrected chi connectivity index (χ0v) is 11.8. The van der Waals surface area contributed by atoms with Crippen LogP contribution in [0.25, 0.3) is 0 Å². The number of aromatic nitrogens is 1. The Balaban J connectivity index is 2.40. The summed E-state index contributed by atoms with van der Waals surface area (Å²) in [4.78, 5) is 19.1. The number of allylic oxidation sites excluding steroid dienone is 1. The van der Waals surface area contributed by atoms with Gasteiger partial charge >= 0.3 is 5.70 Å². The topological polar surface area (TPSA) is 132 Å². The molecule has 0 saturated heterocycles. The summed E-state index contributed by atoms with van der Waals surface area (Å²) in [7, 11) is -4.46. The molecule has 0 bridgehead atoms. The van der Waals surface area contributed by atoms with Gasteiger partial charge in [-0.15, -0.1) is 5.48 Å². The van der Waals surface area contributed by atoms with E-state index in [1.165, 1.54) is 31.5 Å². The first kappa shape index (κ1) is 15.4. The molecule has 1 aliphatic heterocycles. The smallest absolute Gasteiger partial charge is 0.305 e. The van der Waals surface area contributed by atoms with E-state index in [4.69, 9.17) is 4.84 Å². The third-order valence-corrected chi connectivity index (χ3v) is 4.22. The lowest BCUT2D eigenvalue weighted by Crippen LogP contribution is -2.22. The van der Waals surface area contributed by atoms with E-state index in [9.17, 15) is 23.1 Å². The number of pyridine rings is 1. The molecule has 0 radical (unpaired) electrons. The molecule has 114 valence electrons. The van der Waals surface area contributed by atoms with Crippen LogP contribution in [-0.4, -0.2) is 28.9 Å². The number of hydrogen-bond donors (Lipinski definition) is 2. The van der Waals surface area contributed by atoms with Crippen molar-refractivity contribution in [3.05, 3.63) is 51.7 Å². The van der Waals surface area contributed by atoms with Gasteiger partial charge in [-0.05, 0) is 24.6 Å². The van der Waals surface area contributed by atoms with Crippen LogP contribution in [-0.2, 0) is 15.0 Å². The van der Waals surface area contributed by atoms with E-state index >= 15 is 0 Å². The molecule has 0 amide bonds. The summed E-state index contributed by atoms with van der Waals surface area (Å²) < 4.78 is 32.5. The molecule has 2 atom stereocenters. The second kappa shape index (κ2) is 5.76. The van der Waals surface area contributed by atoms with Crippen LogP contribution in [0.2, 0.25) is 0 Å². The maximum Gasteiger partial charge on any atom is 0.305 e. The van der Waals surface area contributed by atoms with Crippen molar-refractivity contribution in [3.63, 3.8) is 0 Å². The molecule has 1 aromatic heterocycles. The molecule has 0 aromatic carbocycles. The molecule has 9 nitrogen and oxygen atoms in total. The van der Waals surface area contributed by atoms with E-state index in [0.29, 0.717) is 0 Å². The predicted molar refractivity (Wildman–Crippen MR) is 70.8 cm³/mol. The average Bonchev–Trinajstić information content (AvgIpc) is 2.77. The first-order chi connectivity index (χ1) is 9.80. The number of nitrogens with one attached hydrogen (secondary N) is 1. The van der Waals surface area contributed by atoms with Gasteiger partial charge in [0, 0.05) is 18.8 Å². The Morgan fingerprint density at radius 3 is 2.67 bits per heavy atom. The van der Waals surface area contributed by atoms with E-state index in [0.717, 1.165) is 0 Å². The zero-order chi connectivity index (χ0) is 15.6. The summed E-state index contributed by atoms with van der Waals surface area (Å²) in [6, 6.07) is 2.15. The molecular formula is C11H13N3O6S. The minimum atomic E-state index is -4.46. The highest BCUT2D eigenvalue weighted by molar-refractivity contribution is 7.86. The lowest BCUT2D eigenvalue weighted by Gasteiger charge is -2.13. The first-order valence-corrected chi connectivity index (χ1v) is 7.47. The number of hydrogen-bond acceptors (Lipinski definition) is 7. The van der Waals surface area contributed by atoms with Gasteiger partial charge in [0.2, 0.25) is 0 Å². The number of nitro groups is 1. The summed E-state index contributed by atoms with van der Waals surface area (Å²) in [6.07, 6.45) is 2.38. The molecule has 21 heavy (non-hydrogen) atoms. The normalized spacial score (nSPS) is 20.2. The number of nitrogens with zero attached hydrogens (tertiary/aromatic N) is 2. The van der Waals surface area contributed by atoms with E-state index in [1.54, 1.807) is 0 Å². The Labute approximate surface area is 120 Å². The molecule has 2 unspecified atom stereocenters. The average molecular weight is 315 g/mol. The van der Waals surface area contributed by atoms with Crippen molar-refractivity contribution in [2.45, 2.75) is 24.6 Å². The lowest BCUT2D eigenvalue weighted by molar-refractivity contribution is -0.429. The van der Waals surface area contributed by atoms with Crippen LogP contribution in [0.1, 0.15) is 24.2 Å². The van der Waals surface area contributed by atoms with Gasteiger partial charge in [0.25, 0.3) is 10.1 Å². The van der Waals surface area contributed by atoms with Crippen LogP contribution in [0.5, 0.6) is 0 Å². The van der Waals surface area contributed by atoms with Gasteiger partial charge in [0.15, 0.2) is 5.76 Å². The van der Waals surface area contributed by atoms with Crippen LogP contribution in [0, 0.1) is 10.1 Å². The van der Waals surface area contributed by atoms with Crippen molar-refractivity contribution >= 4 is 10.1 Å². The minimum absolute atomic E-state index is 0.119. The summed E-state index contributed by atoms with van der Waals surface area (Å²) in [5.41, 5.74) is 2.42. The fraction of sp³-hybridized carbons (Fsp3) is 0.364. The minimum Gasteiger partial charge on any atom is -0.405 e. The quantitative estimate of drug-likeness (QED) is 0.463. The maximum atomic E-state index is 11.5. The van der Waals surface area contributed by atoms with E-state index in [2.05, 4.69) is 10.5 Å². The zero-order valence-electron chi connectivity index (χ0n) is 11.0. The molecular weight excluding hydrogens is 302 g/mol. The fourth-order valence-electron chi connectivity index (χ4n) is 2.06. The lowest BCUT2D eigenvalue weighted by atomic mass is 10.1. The standard InChI is InChI=1S/C11H13N3O6S/c1-7-11(14(15)16)9(20-13-7)6-10(21(17,18)19)8-2-4-12-5-3-8/h2-5,7,10,13H,6H2,1H3,(H,17,18,19). The van der Waals surface area contributed by atoms with Gasteiger partial charge in [-0.3, -0.25) is 19.7 Å². The van der Waals surface area contributed by atoms with Gasteiger partial charge in [-0.1, -0.05) is 0 Å². The van der Waals surface area contributed by atoms with Crippen LogP contribution < -0.4 is 5.48 Å². The van der Waals surface area contributed by atoms with Gasteiger partial charge in [-0.2, -0.15) is 8.42 Å². The second-order valence-electron chi connectivity index (χ2n) is 4.50. The van der Waals surface area contributed by atoms with Gasteiger partial charge in [0.05, 0.1) is 4.92 Å². The summed E-state index contributed by atoms with van der Waals surface area (Å²) in [5.74, 6) is -0.119. The van der Waals surface area contributed by atoms with Crippen molar-refractivity contribution in [3.8, 4) is 0 Å². The molecule has 1 aliphatic rings. The van der Waals surface area contributed by atoms with Gasteiger partial charge < -0.3 is 4.84 Å². The van der Waals surface area contributed by atoms with Crippen molar-refractivity contribution in [2.24, 2.45) is 0 Å². The van der Waals surface area contributed by atoms with E-state index < -0.39 is 26.3 Å². The van der Waals surface area contributed by atoms with Crippen LogP contribution in [0.15, 0.2) is 36.0 Å². The monoisotopic (exact) mass is 315 g/mol. The SMILES string of the molecule is CC1NOC(CC(c2ccncc2)S(=O)(=O)O)=C1[N+](=O)[O-]. The molecule has 10 heteroatoms. The van der Waals surface area contributed by atoms with Crippen molar-refractivity contribution in [1.29, 1.82) is 0 Å².